The summed E-state index contributed by atoms with van der Waals surface area (Å²) in [7, 11) is 1.71. The second-order valence-electron chi connectivity index (χ2n) is 5.03. The van der Waals surface area contributed by atoms with E-state index in [4.69, 9.17) is 0 Å². The van der Waals surface area contributed by atoms with Crippen LogP contribution in [0.15, 0.2) is 48.8 Å². The number of anilines is 2. The Morgan fingerprint density at radius 3 is 2.50 bits per heavy atom. The second-order valence-corrected chi connectivity index (χ2v) is 5.03. The molecule has 0 spiro atoms. The van der Waals surface area contributed by atoms with Crippen LogP contribution in [-0.2, 0) is 16.0 Å². The Hall–Kier alpha value is -2.69. The van der Waals surface area contributed by atoms with Crippen LogP contribution >= 0.6 is 0 Å². The second kappa shape index (κ2) is 7.36. The molecule has 0 fully saturated rings. The monoisotopic (exact) mass is 297 g/mol. The van der Waals surface area contributed by atoms with Gasteiger partial charge in [-0.2, -0.15) is 0 Å². The smallest absolute Gasteiger partial charge is 0.224 e. The van der Waals surface area contributed by atoms with E-state index in [2.05, 4.69) is 10.3 Å². The number of nitrogens with zero attached hydrogens (tertiary/aromatic N) is 2. The number of hydrogen-bond donors (Lipinski definition) is 1. The third-order valence-corrected chi connectivity index (χ3v) is 3.37. The summed E-state index contributed by atoms with van der Waals surface area (Å²) in [5, 5.41) is 2.84. The molecule has 1 heterocycles. The molecule has 22 heavy (non-hydrogen) atoms. The number of hydrogen-bond acceptors (Lipinski definition) is 3. The maximum Gasteiger partial charge on any atom is 0.224 e. The number of pyridine rings is 1. The number of aryl methyl sites for hydroxylation is 1. The molecule has 2 rings (SSSR count). The third kappa shape index (κ3) is 4.41. The highest BCUT2D eigenvalue weighted by Crippen LogP contribution is 2.17. The lowest BCUT2D eigenvalue weighted by Crippen LogP contribution is -2.22. The Kier molecular flexibility index (Phi) is 5.25. The normalized spacial score (nSPS) is 10.1. The van der Waals surface area contributed by atoms with Crippen LogP contribution in [0.4, 0.5) is 11.4 Å². The molecule has 0 saturated heterocycles. The van der Waals surface area contributed by atoms with Crippen molar-refractivity contribution in [1.29, 1.82) is 0 Å². The molecular weight excluding hydrogens is 278 g/mol. The lowest BCUT2D eigenvalue weighted by Gasteiger charge is -2.15. The van der Waals surface area contributed by atoms with Gasteiger partial charge in [0.15, 0.2) is 0 Å². The molecule has 1 N–H and O–H groups in total. The predicted octanol–water partition coefficient (Wildman–Crippen LogP) is 2.64. The van der Waals surface area contributed by atoms with Gasteiger partial charge in [-0.25, -0.2) is 0 Å². The van der Waals surface area contributed by atoms with Crippen LogP contribution < -0.4 is 10.2 Å². The minimum Gasteiger partial charge on any atom is -0.326 e. The zero-order valence-electron chi connectivity index (χ0n) is 12.7. The number of aromatic nitrogens is 1. The summed E-state index contributed by atoms with van der Waals surface area (Å²) in [6, 6.07) is 11.0. The molecule has 2 amide bonds. The van der Waals surface area contributed by atoms with Gasteiger partial charge in [-0.05, 0) is 42.3 Å². The van der Waals surface area contributed by atoms with E-state index in [-0.39, 0.29) is 11.8 Å². The number of rotatable bonds is 5. The van der Waals surface area contributed by atoms with E-state index < -0.39 is 0 Å². The summed E-state index contributed by atoms with van der Waals surface area (Å²) in [6.45, 7) is 1.51. The van der Waals surface area contributed by atoms with Crippen molar-refractivity contribution < 1.29 is 9.59 Å². The number of benzene rings is 1. The van der Waals surface area contributed by atoms with Gasteiger partial charge in [-0.15, -0.1) is 0 Å². The van der Waals surface area contributed by atoms with Gasteiger partial charge in [-0.1, -0.05) is 6.07 Å². The van der Waals surface area contributed by atoms with Crippen LogP contribution in [0.1, 0.15) is 18.9 Å². The molecule has 1 aromatic heterocycles. The largest absolute Gasteiger partial charge is 0.326 e. The standard InChI is InChI=1S/C17H19N3O2/c1-13(21)20(2)16-8-6-15(7-9-16)19-17(22)10-5-14-4-3-11-18-12-14/h3-4,6-9,11-12H,5,10H2,1-2H3,(H,19,22). The molecule has 114 valence electrons. The molecule has 0 radical (unpaired) electrons. The van der Waals surface area contributed by atoms with Gasteiger partial charge < -0.3 is 10.2 Å². The molecule has 0 saturated carbocycles. The van der Waals surface area contributed by atoms with Crippen LogP contribution in [0.25, 0.3) is 0 Å². The number of carbonyl (C=O) groups excluding carboxylic acids is 2. The molecule has 0 bridgehead atoms. The summed E-state index contributed by atoms with van der Waals surface area (Å²) in [4.78, 5) is 28.8. The first-order valence-electron chi connectivity index (χ1n) is 7.09. The van der Waals surface area contributed by atoms with Crippen molar-refractivity contribution in [3.63, 3.8) is 0 Å². The maximum atomic E-state index is 11.9. The van der Waals surface area contributed by atoms with Crippen LogP contribution in [0, 0.1) is 0 Å². The molecular formula is C17H19N3O2. The van der Waals surface area contributed by atoms with Crippen LogP contribution in [-0.4, -0.2) is 23.8 Å². The Labute approximate surface area is 130 Å². The lowest BCUT2D eigenvalue weighted by atomic mass is 10.1. The topological polar surface area (TPSA) is 62.3 Å². The molecule has 5 heteroatoms. The van der Waals surface area contributed by atoms with Crippen LogP contribution in [0.2, 0.25) is 0 Å². The summed E-state index contributed by atoms with van der Waals surface area (Å²) in [5.74, 6) is -0.0789. The van der Waals surface area contributed by atoms with Gasteiger partial charge >= 0.3 is 0 Å². The van der Waals surface area contributed by atoms with Crippen LogP contribution in [0.5, 0.6) is 0 Å². The minimum absolute atomic E-state index is 0.0340. The summed E-state index contributed by atoms with van der Waals surface area (Å²) in [5.41, 5.74) is 2.55. The van der Waals surface area contributed by atoms with E-state index in [0.717, 1.165) is 16.9 Å². The van der Waals surface area contributed by atoms with Gasteiger partial charge in [0.05, 0.1) is 0 Å². The van der Waals surface area contributed by atoms with E-state index in [1.165, 1.54) is 6.92 Å². The highest BCUT2D eigenvalue weighted by molar-refractivity contribution is 5.93. The zero-order valence-corrected chi connectivity index (χ0v) is 12.7. The minimum atomic E-state index is -0.0449. The van der Waals surface area contributed by atoms with E-state index in [9.17, 15) is 9.59 Å². The molecule has 0 aliphatic heterocycles. The molecule has 0 unspecified atom stereocenters. The average Bonchev–Trinajstić information content (AvgIpc) is 2.54. The Bertz CT molecular complexity index is 639. The molecule has 0 atom stereocenters. The van der Waals surface area contributed by atoms with Crippen LogP contribution in [0.3, 0.4) is 0 Å². The first kappa shape index (κ1) is 15.7. The predicted molar refractivity (Wildman–Crippen MR) is 86.7 cm³/mol. The maximum absolute atomic E-state index is 11.9. The summed E-state index contributed by atoms with van der Waals surface area (Å²) in [6.07, 6.45) is 4.54. The highest BCUT2D eigenvalue weighted by atomic mass is 16.2. The number of nitrogens with one attached hydrogen (secondary N) is 1. The first-order valence-corrected chi connectivity index (χ1v) is 7.09. The van der Waals surface area contributed by atoms with Gasteiger partial charge in [0, 0.05) is 44.2 Å². The first-order chi connectivity index (χ1) is 10.6. The van der Waals surface area contributed by atoms with Crippen molar-refractivity contribution in [3.8, 4) is 0 Å². The summed E-state index contributed by atoms with van der Waals surface area (Å²) < 4.78 is 0. The van der Waals surface area contributed by atoms with Crippen molar-refractivity contribution in [2.24, 2.45) is 0 Å². The fraction of sp³-hybridized carbons (Fsp3) is 0.235. The fourth-order valence-electron chi connectivity index (χ4n) is 1.98. The van der Waals surface area contributed by atoms with Gasteiger partial charge in [0.1, 0.15) is 0 Å². The van der Waals surface area contributed by atoms with Crippen molar-refractivity contribution >= 4 is 23.2 Å². The fourth-order valence-corrected chi connectivity index (χ4v) is 1.98. The van der Waals surface area contributed by atoms with Gasteiger partial charge in [-0.3, -0.25) is 14.6 Å². The van der Waals surface area contributed by atoms with E-state index in [0.29, 0.717) is 12.8 Å². The molecule has 1 aromatic carbocycles. The number of amides is 2. The SMILES string of the molecule is CC(=O)N(C)c1ccc(NC(=O)CCc2cccnc2)cc1. The quantitative estimate of drug-likeness (QED) is 0.923. The summed E-state index contributed by atoms with van der Waals surface area (Å²) >= 11 is 0. The average molecular weight is 297 g/mol. The van der Waals surface area contributed by atoms with Gasteiger partial charge in [0.25, 0.3) is 0 Å². The Balaban J connectivity index is 1.88. The molecule has 2 aromatic rings. The molecule has 0 aliphatic carbocycles. The number of carbonyl (C=O) groups is 2. The Morgan fingerprint density at radius 1 is 1.18 bits per heavy atom. The third-order valence-electron chi connectivity index (χ3n) is 3.37. The lowest BCUT2D eigenvalue weighted by molar-refractivity contribution is -0.117. The van der Waals surface area contributed by atoms with Crippen molar-refractivity contribution in [2.45, 2.75) is 19.8 Å². The van der Waals surface area contributed by atoms with Gasteiger partial charge in [0.2, 0.25) is 11.8 Å². The van der Waals surface area contributed by atoms with E-state index >= 15 is 0 Å². The van der Waals surface area contributed by atoms with Crippen molar-refractivity contribution in [1.82, 2.24) is 4.98 Å². The highest BCUT2D eigenvalue weighted by Gasteiger charge is 2.06. The van der Waals surface area contributed by atoms with Crippen molar-refractivity contribution in [3.05, 3.63) is 54.4 Å². The zero-order chi connectivity index (χ0) is 15.9. The van der Waals surface area contributed by atoms with E-state index in [1.807, 2.05) is 12.1 Å². The Morgan fingerprint density at radius 2 is 1.91 bits per heavy atom. The molecule has 0 aliphatic rings. The van der Waals surface area contributed by atoms with E-state index in [1.54, 1.807) is 48.6 Å². The molecule has 5 nitrogen and oxygen atoms in total. The van der Waals surface area contributed by atoms with Crippen molar-refractivity contribution in [2.75, 3.05) is 17.3 Å².